The van der Waals surface area contributed by atoms with E-state index in [9.17, 15) is 18.0 Å². The van der Waals surface area contributed by atoms with E-state index >= 15 is 0 Å². The number of hydrogen-bond donors (Lipinski definition) is 2. The van der Waals surface area contributed by atoms with Crippen molar-refractivity contribution in [1.29, 1.82) is 0 Å². The van der Waals surface area contributed by atoms with Gasteiger partial charge in [0.2, 0.25) is 15.9 Å². The summed E-state index contributed by atoms with van der Waals surface area (Å²) in [6.07, 6.45) is 1.80. The lowest BCUT2D eigenvalue weighted by Gasteiger charge is -2.22. The van der Waals surface area contributed by atoms with E-state index in [0.29, 0.717) is 23.4 Å². The zero-order chi connectivity index (χ0) is 21.7. The molecule has 0 spiro atoms. The molecule has 2 N–H and O–H groups in total. The number of carboxylic acids is 1. The molecule has 1 heterocycles. The molecule has 1 aliphatic rings. The van der Waals surface area contributed by atoms with Crippen LogP contribution in [0.15, 0.2) is 59.7 Å². The molecule has 1 amide bonds. The topological polar surface area (TPSA) is 116 Å². The second-order valence-electron chi connectivity index (χ2n) is 7.12. The number of hydrogen-bond acceptors (Lipinski definition) is 5. The van der Waals surface area contributed by atoms with Crippen molar-refractivity contribution < 1.29 is 23.1 Å². The lowest BCUT2D eigenvalue weighted by molar-refractivity contribution is -0.137. The summed E-state index contributed by atoms with van der Waals surface area (Å²) in [5, 5.41) is 14.8. The fraction of sp³-hybridized carbons (Fsp3) is 0.286. The Morgan fingerprint density at radius 1 is 1.13 bits per heavy atom. The number of nitrogens with one attached hydrogen (secondary N) is 1. The van der Waals surface area contributed by atoms with Crippen molar-refractivity contribution >= 4 is 33.3 Å². The summed E-state index contributed by atoms with van der Waals surface area (Å²) in [6.45, 7) is 0. The number of carbonyl (C=O) groups is 2. The molecule has 2 aromatic rings. The van der Waals surface area contributed by atoms with E-state index in [-0.39, 0.29) is 31.2 Å². The third-order valence-electron chi connectivity index (χ3n) is 4.63. The van der Waals surface area contributed by atoms with Crippen molar-refractivity contribution in [3.8, 4) is 0 Å². The van der Waals surface area contributed by atoms with Gasteiger partial charge >= 0.3 is 5.97 Å². The smallest absolute Gasteiger partial charge is 0.303 e. The monoisotopic (exact) mass is 429 g/mol. The van der Waals surface area contributed by atoms with E-state index in [2.05, 4.69) is 9.82 Å². The van der Waals surface area contributed by atoms with Gasteiger partial charge in [-0.05, 0) is 29.7 Å². The first kappa shape index (κ1) is 21.5. The van der Waals surface area contributed by atoms with Gasteiger partial charge in [0.05, 0.1) is 18.0 Å². The standard InChI is InChI=1S/C21H23N3O5S/c1-30(28,29)23-17-10-5-9-16(13-17)18-14-19(15-7-3-2-4-8-15)24(22-18)20(25)11-6-12-21(26)27/h2-5,7-10,13,19,23H,6,11-12,14H2,1H3,(H,26,27)/t19-/m0/s1. The van der Waals surface area contributed by atoms with E-state index in [0.717, 1.165) is 11.8 Å². The third kappa shape index (κ3) is 5.66. The predicted octanol–water partition coefficient (Wildman–Crippen LogP) is 2.99. The lowest BCUT2D eigenvalue weighted by atomic mass is 9.98. The number of amides is 1. The van der Waals surface area contributed by atoms with Crippen LogP contribution < -0.4 is 4.72 Å². The molecule has 3 rings (SSSR count). The fourth-order valence-corrected chi connectivity index (χ4v) is 3.89. The molecule has 9 heteroatoms. The lowest BCUT2D eigenvalue weighted by Crippen LogP contribution is -2.26. The van der Waals surface area contributed by atoms with E-state index in [4.69, 9.17) is 5.11 Å². The van der Waals surface area contributed by atoms with E-state index in [1.165, 1.54) is 5.01 Å². The summed E-state index contributed by atoms with van der Waals surface area (Å²) in [6, 6.07) is 16.1. The number of carbonyl (C=O) groups excluding carboxylic acids is 1. The molecule has 1 atom stereocenters. The molecular weight excluding hydrogens is 406 g/mol. The normalized spacial score (nSPS) is 16.2. The van der Waals surface area contributed by atoms with Gasteiger partial charge in [-0.1, -0.05) is 42.5 Å². The number of benzene rings is 2. The van der Waals surface area contributed by atoms with Gasteiger partial charge in [0.1, 0.15) is 0 Å². The van der Waals surface area contributed by atoms with Crippen molar-refractivity contribution in [2.75, 3.05) is 11.0 Å². The Hall–Kier alpha value is -3.20. The molecule has 30 heavy (non-hydrogen) atoms. The number of carboxylic acid groups (broad SMARTS) is 1. The third-order valence-corrected chi connectivity index (χ3v) is 5.24. The van der Waals surface area contributed by atoms with Gasteiger partial charge in [0.25, 0.3) is 0 Å². The van der Waals surface area contributed by atoms with Crippen molar-refractivity contribution in [3.63, 3.8) is 0 Å². The summed E-state index contributed by atoms with van der Waals surface area (Å²) in [4.78, 5) is 23.5. The Morgan fingerprint density at radius 3 is 2.53 bits per heavy atom. The Labute approximate surface area is 175 Å². The van der Waals surface area contributed by atoms with Gasteiger partial charge in [-0.15, -0.1) is 0 Å². The van der Waals surface area contributed by atoms with Crippen LogP contribution in [0.4, 0.5) is 5.69 Å². The summed E-state index contributed by atoms with van der Waals surface area (Å²) < 4.78 is 25.5. The second-order valence-corrected chi connectivity index (χ2v) is 8.87. The van der Waals surface area contributed by atoms with Crippen molar-refractivity contribution in [2.45, 2.75) is 31.7 Å². The number of nitrogens with zero attached hydrogens (tertiary/aromatic N) is 2. The van der Waals surface area contributed by atoms with Gasteiger partial charge in [0.15, 0.2) is 0 Å². The van der Waals surface area contributed by atoms with Crippen LogP contribution in [-0.4, -0.2) is 42.4 Å². The summed E-state index contributed by atoms with van der Waals surface area (Å²) in [5.74, 6) is -1.19. The van der Waals surface area contributed by atoms with Crippen molar-refractivity contribution in [2.24, 2.45) is 5.10 Å². The quantitative estimate of drug-likeness (QED) is 0.669. The Kier molecular flexibility index (Phi) is 6.51. The Balaban J connectivity index is 1.87. The van der Waals surface area contributed by atoms with Gasteiger partial charge in [0, 0.05) is 24.9 Å². The van der Waals surface area contributed by atoms with Gasteiger partial charge < -0.3 is 5.11 Å². The molecule has 0 saturated heterocycles. The van der Waals surface area contributed by atoms with Crippen LogP contribution in [0.3, 0.4) is 0 Å². The highest BCUT2D eigenvalue weighted by Gasteiger charge is 2.32. The van der Waals surface area contributed by atoms with E-state index in [1.54, 1.807) is 18.2 Å². The molecule has 158 valence electrons. The summed E-state index contributed by atoms with van der Waals surface area (Å²) in [7, 11) is -3.42. The Morgan fingerprint density at radius 2 is 1.87 bits per heavy atom. The van der Waals surface area contributed by atoms with Crippen LogP contribution >= 0.6 is 0 Å². The summed E-state index contributed by atoms with van der Waals surface area (Å²) >= 11 is 0. The predicted molar refractivity (Wildman–Crippen MR) is 114 cm³/mol. The molecular formula is C21H23N3O5S. The molecule has 0 aliphatic carbocycles. The molecule has 0 radical (unpaired) electrons. The van der Waals surface area contributed by atoms with Crippen LogP contribution in [0, 0.1) is 0 Å². The second kappa shape index (κ2) is 9.08. The maximum Gasteiger partial charge on any atom is 0.303 e. The van der Waals surface area contributed by atoms with Crippen LogP contribution in [0.5, 0.6) is 0 Å². The van der Waals surface area contributed by atoms with Crippen LogP contribution in [0.25, 0.3) is 0 Å². The molecule has 0 bridgehead atoms. The molecule has 1 aliphatic heterocycles. The Bertz CT molecular complexity index is 1070. The average Bonchev–Trinajstić information content (AvgIpc) is 3.13. The first-order chi connectivity index (χ1) is 14.2. The fourth-order valence-electron chi connectivity index (χ4n) is 3.33. The van der Waals surface area contributed by atoms with E-state index in [1.807, 2.05) is 36.4 Å². The van der Waals surface area contributed by atoms with E-state index < -0.39 is 16.0 Å². The van der Waals surface area contributed by atoms with Crippen LogP contribution in [0.2, 0.25) is 0 Å². The maximum atomic E-state index is 12.8. The minimum absolute atomic E-state index is 0.0780. The van der Waals surface area contributed by atoms with Crippen molar-refractivity contribution in [1.82, 2.24) is 5.01 Å². The molecule has 8 nitrogen and oxygen atoms in total. The largest absolute Gasteiger partial charge is 0.481 e. The number of rotatable bonds is 8. The number of sulfonamides is 1. The SMILES string of the molecule is CS(=O)(=O)Nc1cccc(C2=NN(C(=O)CCCC(=O)O)[C@H](c3ccccc3)C2)c1. The zero-order valence-corrected chi connectivity index (χ0v) is 17.3. The molecule has 0 unspecified atom stereocenters. The van der Waals surface area contributed by atoms with Gasteiger partial charge in [-0.2, -0.15) is 5.10 Å². The minimum Gasteiger partial charge on any atom is -0.481 e. The van der Waals surface area contributed by atoms with Crippen LogP contribution in [0.1, 0.15) is 42.9 Å². The highest BCUT2D eigenvalue weighted by molar-refractivity contribution is 7.92. The molecule has 2 aromatic carbocycles. The van der Waals surface area contributed by atoms with Crippen molar-refractivity contribution in [3.05, 3.63) is 65.7 Å². The van der Waals surface area contributed by atoms with Gasteiger partial charge in [-0.3, -0.25) is 14.3 Å². The highest BCUT2D eigenvalue weighted by Crippen LogP contribution is 2.33. The first-order valence-corrected chi connectivity index (χ1v) is 11.4. The zero-order valence-electron chi connectivity index (χ0n) is 16.5. The molecule has 0 fully saturated rings. The molecule has 0 saturated carbocycles. The average molecular weight is 429 g/mol. The van der Waals surface area contributed by atoms with Crippen LogP contribution in [-0.2, 0) is 19.6 Å². The summed E-state index contributed by atoms with van der Waals surface area (Å²) in [5.41, 5.74) is 2.71. The maximum absolute atomic E-state index is 12.8. The number of aliphatic carboxylic acids is 1. The minimum atomic E-state index is -3.42. The highest BCUT2D eigenvalue weighted by atomic mass is 32.2. The first-order valence-electron chi connectivity index (χ1n) is 9.47. The number of hydrazone groups is 1. The number of anilines is 1. The van der Waals surface area contributed by atoms with Gasteiger partial charge in [-0.25, -0.2) is 13.4 Å². The molecule has 0 aromatic heterocycles.